The molecule has 0 unspecified atom stereocenters. The van der Waals surface area contributed by atoms with Crippen molar-refractivity contribution >= 4 is 16.7 Å². The molecule has 0 bridgehead atoms. The Hall–Kier alpha value is -3.88. The molecule has 2 aromatic heterocycles. The molecule has 0 radical (unpaired) electrons. The quantitative estimate of drug-likeness (QED) is 0.463. The first kappa shape index (κ1) is 18.5. The monoisotopic (exact) mass is 395 g/mol. The third kappa shape index (κ3) is 2.70. The van der Waals surface area contributed by atoms with Gasteiger partial charge in [-0.2, -0.15) is 9.03 Å². The molecule has 0 saturated heterocycles. The van der Waals surface area contributed by atoms with Gasteiger partial charge in [-0.3, -0.25) is 9.59 Å². The van der Waals surface area contributed by atoms with E-state index in [1.165, 1.54) is 27.2 Å². The summed E-state index contributed by atoms with van der Waals surface area (Å²) in [6.45, 7) is 1.27. The minimum Gasteiger partial charge on any atom is -0.497 e. The zero-order valence-corrected chi connectivity index (χ0v) is 16.0. The molecule has 4 aromatic rings. The number of fused-ring (bicyclic) bond motifs is 3. The van der Waals surface area contributed by atoms with Crippen LogP contribution in [-0.4, -0.2) is 33.6 Å². The van der Waals surface area contributed by atoms with E-state index in [0.717, 1.165) is 13.6 Å². The number of ketones is 1. The van der Waals surface area contributed by atoms with Crippen LogP contribution < -0.4 is 26.4 Å². The number of hydrogen-bond acceptors (Lipinski definition) is 6. The lowest BCUT2D eigenvalue weighted by molar-refractivity contribution is 0.101. The maximum absolute atomic E-state index is 13.0. The van der Waals surface area contributed by atoms with Crippen molar-refractivity contribution in [2.24, 2.45) is 0 Å². The Morgan fingerprint density at radius 2 is 1.66 bits per heavy atom. The Balaban J connectivity index is 1.95. The van der Waals surface area contributed by atoms with Crippen LogP contribution in [0.1, 0.15) is 22.8 Å². The lowest BCUT2D eigenvalue weighted by Crippen LogP contribution is -2.31. The second kappa shape index (κ2) is 6.62. The van der Waals surface area contributed by atoms with Gasteiger partial charge in [0.2, 0.25) is 0 Å². The minimum atomic E-state index is -0.773. The number of rotatable bonds is 5. The average Bonchev–Trinajstić information content (AvgIpc) is 3.15. The first-order chi connectivity index (χ1) is 13.9. The van der Waals surface area contributed by atoms with Crippen LogP contribution in [0, 0.1) is 0 Å². The molecule has 0 fully saturated rings. The van der Waals surface area contributed by atoms with Gasteiger partial charge in [-0.25, -0.2) is 14.2 Å². The molecule has 29 heavy (non-hydrogen) atoms. The third-order valence-corrected chi connectivity index (χ3v) is 4.89. The number of aromatic nitrogens is 3. The number of benzene rings is 2. The normalized spacial score (nSPS) is 11.3. The molecule has 2 aromatic carbocycles. The van der Waals surface area contributed by atoms with Gasteiger partial charge in [-0.1, -0.05) is 0 Å². The highest BCUT2D eigenvalue weighted by Crippen LogP contribution is 2.21. The van der Waals surface area contributed by atoms with Crippen LogP contribution in [0.5, 0.6) is 11.5 Å². The van der Waals surface area contributed by atoms with Gasteiger partial charge in [0.25, 0.3) is 5.56 Å². The zero-order valence-electron chi connectivity index (χ0n) is 16.0. The van der Waals surface area contributed by atoms with Crippen LogP contribution >= 0.6 is 0 Å². The van der Waals surface area contributed by atoms with E-state index in [1.54, 1.807) is 30.3 Å². The van der Waals surface area contributed by atoms with Crippen molar-refractivity contribution in [3.05, 3.63) is 78.8 Å². The molecule has 0 aliphatic rings. The molecule has 9 heteroatoms. The van der Waals surface area contributed by atoms with E-state index >= 15 is 0 Å². The van der Waals surface area contributed by atoms with Gasteiger partial charge >= 0.3 is 11.4 Å². The Labute approximate surface area is 163 Å². The molecular formula is C20H17N3O6. The number of Topliss-reactive ketones (excluding diaryl/α,β-unsaturated/α-hetero) is 1. The third-order valence-electron chi connectivity index (χ3n) is 4.89. The van der Waals surface area contributed by atoms with E-state index in [0.29, 0.717) is 28.1 Å². The Morgan fingerprint density at radius 3 is 2.31 bits per heavy atom. The number of carbonyl (C=O) groups is 1. The van der Waals surface area contributed by atoms with Gasteiger partial charge in [-0.15, -0.1) is 0 Å². The van der Waals surface area contributed by atoms with Gasteiger partial charge in [0, 0.05) is 11.1 Å². The number of carbonyl (C=O) groups excluding carboxylic acids is 1. The highest BCUT2D eigenvalue weighted by Gasteiger charge is 2.21. The predicted molar refractivity (Wildman–Crippen MR) is 105 cm³/mol. The maximum atomic E-state index is 13.0. The molecule has 0 spiro atoms. The van der Waals surface area contributed by atoms with Crippen molar-refractivity contribution in [2.75, 3.05) is 14.2 Å². The van der Waals surface area contributed by atoms with E-state index < -0.39 is 16.9 Å². The van der Waals surface area contributed by atoms with E-state index in [1.807, 2.05) is 0 Å². The number of hydrogen-bond donors (Lipinski definition) is 0. The lowest BCUT2D eigenvalue weighted by atomic mass is 10.1. The Kier molecular flexibility index (Phi) is 4.22. The summed E-state index contributed by atoms with van der Waals surface area (Å²) < 4.78 is 13.2. The van der Waals surface area contributed by atoms with E-state index in [2.05, 4.69) is 0 Å². The van der Waals surface area contributed by atoms with Crippen LogP contribution in [0.3, 0.4) is 0 Å². The summed E-state index contributed by atoms with van der Waals surface area (Å²) >= 11 is 0. The summed E-state index contributed by atoms with van der Waals surface area (Å²) in [5.41, 5.74) is -0.834. The van der Waals surface area contributed by atoms with Gasteiger partial charge in [0.15, 0.2) is 5.78 Å². The first-order valence-electron chi connectivity index (χ1n) is 8.73. The molecule has 0 saturated carbocycles. The van der Waals surface area contributed by atoms with Crippen LogP contribution in [0.25, 0.3) is 10.9 Å². The van der Waals surface area contributed by atoms with Crippen LogP contribution in [0.2, 0.25) is 0 Å². The number of methoxy groups -OCH3 is 2. The number of nitrogens with zero attached hydrogens (tertiary/aromatic N) is 3. The van der Waals surface area contributed by atoms with Crippen molar-refractivity contribution in [1.82, 2.24) is 13.6 Å². The fraction of sp³-hybridized carbons (Fsp3) is 0.200. The van der Waals surface area contributed by atoms with Crippen LogP contribution in [0.15, 0.2) is 50.8 Å². The molecule has 0 N–H and O–H groups in total. The predicted octanol–water partition coefficient (Wildman–Crippen LogP) is 0.780. The molecular weight excluding hydrogens is 378 g/mol. The maximum Gasteiger partial charge on any atom is 0.355 e. The fourth-order valence-corrected chi connectivity index (χ4v) is 3.41. The van der Waals surface area contributed by atoms with E-state index in [-0.39, 0.29) is 17.7 Å². The largest absolute Gasteiger partial charge is 0.497 e. The summed E-state index contributed by atoms with van der Waals surface area (Å²) in [4.78, 5) is 50.3. The van der Waals surface area contributed by atoms with Crippen LogP contribution in [0.4, 0.5) is 0 Å². The van der Waals surface area contributed by atoms with Gasteiger partial charge in [0.05, 0.1) is 31.7 Å². The highest BCUT2D eigenvalue weighted by molar-refractivity contribution is 5.94. The standard InChI is InChI=1S/C20H17N3O6/c1-11(24)12-4-7-17(29-3)13(8-12)10-21-19(26)22-16-6-5-14(28-2)9-15(16)18(25)23(22)20(21)27/h4-9H,10H2,1-3H3. The molecule has 0 aliphatic heterocycles. The molecule has 4 rings (SSSR count). The molecule has 9 nitrogen and oxygen atoms in total. The van der Waals surface area contributed by atoms with Crippen molar-refractivity contribution in [1.29, 1.82) is 0 Å². The fourth-order valence-electron chi connectivity index (χ4n) is 3.41. The highest BCUT2D eigenvalue weighted by atomic mass is 16.5. The summed E-state index contributed by atoms with van der Waals surface area (Å²) in [5.74, 6) is 0.714. The summed E-state index contributed by atoms with van der Waals surface area (Å²) in [6, 6.07) is 9.42. The van der Waals surface area contributed by atoms with E-state index in [9.17, 15) is 19.2 Å². The SMILES string of the molecule is COc1ccc2c(c1)c(=O)n1c(=O)n(Cc3cc(C(C)=O)ccc3OC)c(=O)n21. The summed E-state index contributed by atoms with van der Waals surface area (Å²) in [5, 5.41) is 0.210. The van der Waals surface area contributed by atoms with E-state index in [4.69, 9.17) is 9.47 Å². The minimum absolute atomic E-state index is 0.145. The van der Waals surface area contributed by atoms with Gasteiger partial charge in [-0.05, 0) is 43.3 Å². The summed E-state index contributed by atoms with van der Waals surface area (Å²) in [7, 11) is 2.91. The first-order valence-corrected chi connectivity index (χ1v) is 8.73. The second-order valence-electron chi connectivity index (χ2n) is 6.55. The Morgan fingerprint density at radius 1 is 0.931 bits per heavy atom. The van der Waals surface area contributed by atoms with Crippen molar-refractivity contribution in [2.45, 2.75) is 13.5 Å². The average molecular weight is 395 g/mol. The zero-order chi connectivity index (χ0) is 20.9. The second-order valence-corrected chi connectivity index (χ2v) is 6.55. The summed E-state index contributed by atoms with van der Waals surface area (Å²) in [6.07, 6.45) is 0. The molecule has 2 heterocycles. The van der Waals surface area contributed by atoms with Crippen molar-refractivity contribution in [3.63, 3.8) is 0 Å². The van der Waals surface area contributed by atoms with Crippen LogP contribution in [-0.2, 0) is 6.54 Å². The molecule has 148 valence electrons. The van der Waals surface area contributed by atoms with Crippen molar-refractivity contribution < 1.29 is 14.3 Å². The number of ether oxygens (including phenoxy) is 2. The molecule has 0 aliphatic carbocycles. The molecule has 0 atom stereocenters. The topological polar surface area (TPSA) is 100 Å². The Bertz CT molecular complexity index is 1440. The van der Waals surface area contributed by atoms with Gasteiger partial charge < -0.3 is 9.47 Å². The van der Waals surface area contributed by atoms with Gasteiger partial charge in [0.1, 0.15) is 11.5 Å². The lowest BCUT2D eigenvalue weighted by Gasteiger charge is -2.09. The van der Waals surface area contributed by atoms with Crippen molar-refractivity contribution in [3.8, 4) is 11.5 Å². The smallest absolute Gasteiger partial charge is 0.355 e. The molecule has 0 amide bonds.